The Kier molecular flexibility index (Phi) is 5.03. The third-order valence-electron chi connectivity index (χ3n) is 4.09. The van der Waals surface area contributed by atoms with Crippen molar-refractivity contribution >= 4 is 5.97 Å². The van der Waals surface area contributed by atoms with E-state index in [0.29, 0.717) is 37.7 Å². The number of hydrogen-bond acceptors (Lipinski definition) is 4. The highest BCUT2D eigenvalue weighted by Gasteiger charge is 2.52. The van der Waals surface area contributed by atoms with E-state index >= 15 is 0 Å². The van der Waals surface area contributed by atoms with Gasteiger partial charge in [0, 0.05) is 24.8 Å². The van der Waals surface area contributed by atoms with Gasteiger partial charge in [0.05, 0.1) is 11.2 Å². The molecule has 20 heavy (non-hydrogen) atoms. The molecule has 2 N–H and O–H groups in total. The van der Waals surface area contributed by atoms with Gasteiger partial charge < -0.3 is 14.9 Å². The highest BCUT2D eigenvalue weighted by molar-refractivity contribution is 5.87. The van der Waals surface area contributed by atoms with Gasteiger partial charge in [-0.05, 0) is 26.7 Å². The first kappa shape index (κ1) is 17.2. The van der Waals surface area contributed by atoms with Crippen molar-refractivity contribution in [1.82, 2.24) is 0 Å². The molecule has 1 fully saturated rings. The van der Waals surface area contributed by atoms with E-state index < -0.39 is 22.8 Å². The predicted octanol–water partition coefficient (Wildman–Crippen LogP) is 2.72. The van der Waals surface area contributed by atoms with Gasteiger partial charge in [-0.3, -0.25) is 0 Å². The largest absolute Gasteiger partial charge is 0.456 e. The first-order valence-electron chi connectivity index (χ1n) is 7.41. The Balaban J connectivity index is 3.08. The van der Waals surface area contributed by atoms with Crippen LogP contribution in [-0.2, 0) is 9.53 Å². The van der Waals surface area contributed by atoms with Crippen molar-refractivity contribution in [3.8, 4) is 0 Å². The SMILES string of the molecule is C=C(C)C(=O)OC1(CCC)CC(C)(O)CC(O)(CC)C1. The summed E-state index contributed by atoms with van der Waals surface area (Å²) in [7, 11) is 0. The summed E-state index contributed by atoms with van der Waals surface area (Å²) in [6.45, 7) is 10.8. The number of esters is 1. The van der Waals surface area contributed by atoms with Crippen LogP contribution < -0.4 is 0 Å². The number of rotatable bonds is 5. The summed E-state index contributed by atoms with van der Waals surface area (Å²) in [5, 5.41) is 21.1. The molecular weight excluding hydrogens is 256 g/mol. The van der Waals surface area contributed by atoms with Gasteiger partial charge in [0.15, 0.2) is 0 Å². The first-order chi connectivity index (χ1) is 9.07. The molecule has 0 saturated heterocycles. The maximum atomic E-state index is 11.9. The van der Waals surface area contributed by atoms with Crippen LogP contribution >= 0.6 is 0 Å². The summed E-state index contributed by atoms with van der Waals surface area (Å²) in [5.41, 5.74) is -2.50. The van der Waals surface area contributed by atoms with Crippen molar-refractivity contribution in [3.63, 3.8) is 0 Å². The third kappa shape index (κ3) is 4.06. The average molecular weight is 284 g/mol. The quantitative estimate of drug-likeness (QED) is 0.602. The molecule has 0 amide bonds. The van der Waals surface area contributed by atoms with Crippen LogP contribution in [0.1, 0.15) is 66.2 Å². The Morgan fingerprint density at radius 2 is 1.85 bits per heavy atom. The number of carbonyl (C=O) groups excluding carboxylic acids is 1. The van der Waals surface area contributed by atoms with E-state index in [-0.39, 0.29) is 0 Å². The third-order valence-corrected chi connectivity index (χ3v) is 4.09. The molecular formula is C16H28O4. The second kappa shape index (κ2) is 5.86. The van der Waals surface area contributed by atoms with Gasteiger partial charge in [0.1, 0.15) is 5.60 Å². The minimum absolute atomic E-state index is 0.312. The summed E-state index contributed by atoms with van der Waals surface area (Å²) in [5.74, 6) is -0.449. The maximum Gasteiger partial charge on any atom is 0.333 e. The van der Waals surface area contributed by atoms with E-state index in [9.17, 15) is 15.0 Å². The zero-order chi connectivity index (χ0) is 15.6. The lowest BCUT2D eigenvalue weighted by Crippen LogP contribution is -2.56. The van der Waals surface area contributed by atoms with Crippen molar-refractivity contribution in [3.05, 3.63) is 12.2 Å². The van der Waals surface area contributed by atoms with Crippen LogP contribution in [0.15, 0.2) is 12.2 Å². The summed E-state index contributed by atoms with van der Waals surface area (Å²) in [6.07, 6.45) is 3.02. The Labute approximate surface area is 121 Å². The van der Waals surface area contributed by atoms with Crippen LogP contribution in [-0.4, -0.2) is 33.0 Å². The minimum atomic E-state index is -1.03. The lowest BCUT2D eigenvalue weighted by Gasteiger charge is -2.50. The summed E-state index contributed by atoms with van der Waals surface area (Å²) < 4.78 is 5.66. The van der Waals surface area contributed by atoms with Crippen molar-refractivity contribution in [2.75, 3.05) is 0 Å². The van der Waals surface area contributed by atoms with E-state index in [1.165, 1.54) is 0 Å². The molecule has 0 spiro atoms. The fraction of sp³-hybridized carbons (Fsp3) is 0.812. The maximum absolute atomic E-state index is 11.9. The summed E-state index contributed by atoms with van der Waals surface area (Å²) >= 11 is 0. The van der Waals surface area contributed by atoms with Crippen LogP contribution in [0, 0.1) is 0 Å². The van der Waals surface area contributed by atoms with E-state index in [1.54, 1.807) is 13.8 Å². The van der Waals surface area contributed by atoms with E-state index in [0.717, 1.165) is 6.42 Å². The molecule has 3 atom stereocenters. The summed E-state index contributed by atoms with van der Waals surface area (Å²) in [4.78, 5) is 11.9. The highest BCUT2D eigenvalue weighted by atomic mass is 16.6. The molecule has 116 valence electrons. The molecule has 4 heteroatoms. The molecule has 0 aromatic heterocycles. The van der Waals surface area contributed by atoms with Crippen molar-refractivity contribution < 1.29 is 19.7 Å². The normalized spacial score (nSPS) is 37.5. The lowest BCUT2D eigenvalue weighted by molar-refractivity contribution is -0.199. The molecule has 1 rings (SSSR count). The van der Waals surface area contributed by atoms with Gasteiger partial charge >= 0.3 is 5.97 Å². The predicted molar refractivity (Wildman–Crippen MR) is 78.3 cm³/mol. The standard InChI is InChI=1S/C16H28O4/c1-6-8-16(20-13(17)12(3)4)10-14(5,18)9-15(19,7-2)11-16/h18-19H,3,6-11H2,1-2,4-5H3. The van der Waals surface area contributed by atoms with Crippen molar-refractivity contribution in [1.29, 1.82) is 0 Å². The van der Waals surface area contributed by atoms with Gasteiger partial charge in [0.2, 0.25) is 0 Å². The molecule has 0 aromatic carbocycles. The van der Waals surface area contributed by atoms with E-state index in [4.69, 9.17) is 4.74 Å². The lowest BCUT2D eigenvalue weighted by atomic mass is 9.66. The molecule has 0 aromatic rings. The molecule has 0 bridgehead atoms. The van der Waals surface area contributed by atoms with Crippen LogP contribution in [0.25, 0.3) is 0 Å². The minimum Gasteiger partial charge on any atom is -0.456 e. The Hall–Kier alpha value is -0.870. The molecule has 4 nitrogen and oxygen atoms in total. The zero-order valence-electron chi connectivity index (χ0n) is 13.2. The molecule has 0 aliphatic heterocycles. The number of aliphatic hydroxyl groups is 2. The topological polar surface area (TPSA) is 66.8 Å². The fourth-order valence-corrected chi connectivity index (χ4v) is 3.48. The van der Waals surface area contributed by atoms with Gasteiger partial charge in [-0.2, -0.15) is 0 Å². The van der Waals surface area contributed by atoms with Gasteiger partial charge in [-0.25, -0.2) is 4.79 Å². The van der Waals surface area contributed by atoms with Crippen molar-refractivity contribution in [2.45, 2.75) is 83.0 Å². The average Bonchev–Trinajstić information content (AvgIpc) is 2.26. The number of carbonyl (C=O) groups is 1. The smallest absolute Gasteiger partial charge is 0.333 e. The van der Waals surface area contributed by atoms with Crippen LogP contribution in [0.2, 0.25) is 0 Å². The van der Waals surface area contributed by atoms with Gasteiger partial charge in [-0.1, -0.05) is 26.8 Å². The molecule has 1 saturated carbocycles. The first-order valence-corrected chi connectivity index (χ1v) is 7.41. The van der Waals surface area contributed by atoms with Gasteiger partial charge in [-0.15, -0.1) is 0 Å². The zero-order valence-corrected chi connectivity index (χ0v) is 13.2. The molecule has 0 radical (unpaired) electrons. The Morgan fingerprint density at radius 1 is 1.25 bits per heavy atom. The molecule has 0 heterocycles. The van der Waals surface area contributed by atoms with Crippen LogP contribution in [0.3, 0.4) is 0 Å². The van der Waals surface area contributed by atoms with Gasteiger partial charge in [0.25, 0.3) is 0 Å². The van der Waals surface area contributed by atoms with E-state index in [1.807, 2.05) is 13.8 Å². The number of hydrogen-bond donors (Lipinski definition) is 2. The van der Waals surface area contributed by atoms with E-state index in [2.05, 4.69) is 6.58 Å². The van der Waals surface area contributed by atoms with Crippen molar-refractivity contribution in [2.24, 2.45) is 0 Å². The Morgan fingerprint density at radius 3 is 2.30 bits per heavy atom. The Bertz CT molecular complexity index is 388. The molecule has 3 unspecified atom stereocenters. The number of ether oxygens (including phenoxy) is 1. The molecule has 1 aliphatic rings. The second-order valence-electron chi connectivity index (χ2n) is 6.71. The fourth-order valence-electron chi connectivity index (χ4n) is 3.48. The second-order valence-corrected chi connectivity index (χ2v) is 6.71. The molecule has 1 aliphatic carbocycles. The monoisotopic (exact) mass is 284 g/mol. The summed E-state index contributed by atoms with van der Waals surface area (Å²) in [6, 6.07) is 0. The van der Waals surface area contributed by atoms with Crippen LogP contribution in [0.4, 0.5) is 0 Å². The highest BCUT2D eigenvalue weighted by Crippen LogP contribution is 2.46. The van der Waals surface area contributed by atoms with Crippen LogP contribution in [0.5, 0.6) is 0 Å².